The second kappa shape index (κ2) is 4.21. The highest BCUT2D eigenvalue weighted by molar-refractivity contribution is 5.71. The minimum atomic E-state index is 0.254. The lowest BCUT2D eigenvalue weighted by atomic mass is 9.88. The van der Waals surface area contributed by atoms with Crippen molar-refractivity contribution >= 4 is 11.5 Å². The van der Waals surface area contributed by atoms with Crippen molar-refractivity contribution in [3.63, 3.8) is 0 Å². The first kappa shape index (κ1) is 10.9. The van der Waals surface area contributed by atoms with Crippen LogP contribution in [-0.2, 0) is 0 Å². The van der Waals surface area contributed by atoms with Gasteiger partial charge in [0.25, 0.3) is 0 Å². The van der Waals surface area contributed by atoms with Gasteiger partial charge in [-0.2, -0.15) is 0 Å². The third-order valence-electron chi connectivity index (χ3n) is 4.21. The summed E-state index contributed by atoms with van der Waals surface area (Å²) in [6.07, 6.45) is 9.91. The van der Waals surface area contributed by atoms with E-state index in [1.807, 2.05) is 6.20 Å². The van der Waals surface area contributed by atoms with Crippen LogP contribution in [0.25, 0.3) is 0 Å². The summed E-state index contributed by atoms with van der Waals surface area (Å²) in [7, 11) is 0. The second-order valence-corrected chi connectivity index (χ2v) is 5.52. The number of nitrogens with zero attached hydrogens (tertiary/aromatic N) is 1. The zero-order chi connectivity index (χ0) is 11.7. The zero-order valence-electron chi connectivity index (χ0n) is 10.6. The maximum Gasteiger partial charge on any atom is 0.150 e. The standard InChI is InChI=1S/C14H21N3/c1-11-6-9-15-13-12(11)16-10-14(17-13)7-4-2-3-5-8-14/h6,9,16H,2-5,7-8,10H2,1H3,(H,15,17). The normalized spacial score (nSPS) is 22.2. The summed E-state index contributed by atoms with van der Waals surface area (Å²) in [6, 6.07) is 2.07. The Balaban J connectivity index is 1.88. The van der Waals surface area contributed by atoms with Crippen LogP contribution in [0.4, 0.5) is 11.5 Å². The van der Waals surface area contributed by atoms with Crippen molar-refractivity contribution in [1.82, 2.24) is 4.98 Å². The van der Waals surface area contributed by atoms with E-state index in [0.717, 1.165) is 12.4 Å². The Hall–Kier alpha value is -1.25. The third kappa shape index (κ3) is 1.99. The summed E-state index contributed by atoms with van der Waals surface area (Å²) < 4.78 is 0. The molecule has 1 aliphatic heterocycles. The third-order valence-corrected chi connectivity index (χ3v) is 4.21. The number of aryl methyl sites for hydroxylation is 1. The molecule has 1 aliphatic carbocycles. The summed E-state index contributed by atoms with van der Waals surface area (Å²) in [5, 5.41) is 7.31. The first-order chi connectivity index (χ1) is 8.29. The van der Waals surface area contributed by atoms with Crippen LogP contribution in [0.1, 0.15) is 44.1 Å². The van der Waals surface area contributed by atoms with E-state index in [9.17, 15) is 0 Å². The lowest BCUT2D eigenvalue weighted by molar-refractivity contribution is 0.421. The molecule has 0 atom stereocenters. The molecule has 1 fully saturated rings. The molecular formula is C14H21N3. The topological polar surface area (TPSA) is 37.0 Å². The molecule has 0 aromatic carbocycles. The lowest BCUT2D eigenvalue weighted by Gasteiger charge is -2.40. The van der Waals surface area contributed by atoms with Crippen molar-refractivity contribution in [2.24, 2.45) is 0 Å². The number of fused-ring (bicyclic) bond motifs is 1. The van der Waals surface area contributed by atoms with E-state index in [-0.39, 0.29) is 5.54 Å². The minimum absolute atomic E-state index is 0.254. The van der Waals surface area contributed by atoms with Crippen LogP contribution in [0.5, 0.6) is 0 Å². The molecule has 92 valence electrons. The van der Waals surface area contributed by atoms with Crippen LogP contribution in [0.15, 0.2) is 12.3 Å². The fourth-order valence-corrected chi connectivity index (χ4v) is 3.14. The molecule has 2 N–H and O–H groups in total. The molecule has 3 rings (SSSR count). The van der Waals surface area contributed by atoms with Gasteiger partial charge in [-0.1, -0.05) is 25.7 Å². The van der Waals surface area contributed by atoms with Gasteiger partial charge in [0.1, 0.15) is 5.82 Å². The van der Waals surface area contributed by atoms with Crippen molar-refractivity contribution in [3.8, 4) is 0 Å². The van der Waals surface area contributed by atoms with Crippen molar-refractivity contribution in [1.29, 1.82) is 0 Å². The minimum Gasteiger partial charge on any atom is -0.379 e. The molecule has 2 heterocycles. The highest BCUT2D eigenvalue weighted by Crippen LogP contribution is 2.37. The maximum atomic E-state index is 4.49. The van der Waals surface area contributed by atoms with Crippen LogP contribution < -0.4 is 10.6 Å². The van der Waals surface area contributed by atoms with E-state index in [1.165, 1.54) is 49.8 Å². The maximum absolute atomic E-state index is 4.49. The van der Waals surface area contributed by atoms with Crippen molar-refractivity contribution < 1.29 is 0 Å². The van der Waals surface area contributed by atoms with Gasteiger partial charge in [-0.15, -0.1) is 0 Å². The number of nitrogens with one attached hydrogen (secondary N) is 2. The van der Waals surface area contributed by atoms with E-state index in [2.05, 4.69) is 28.6 Å². The highest BCUT2D eigenvalue weighted by Gasteiger charge is 2.34. The Morgan fingerprint density at radius 1 is 1.18 bits per heavy atom. The molecular weight excluding hydrogens is 210 g/mol. The van der Waals surface area contributed by atoms with E-state index in [1.54, 1.807) is 0 Å². The Kier molecular flexibility index (Phi) is 2.69. The molecule has 3 heteroatoms. The van der Waals surface area contributed by atoms with E-state index >= 15 is 0 Å². The molecule has 1 saturated carbocycles. The van der Waals surface area contributed by atoms with Gasteiger partial charge in [0, 0.05) is 12.7 Å². The first-order valence-electron chi connectivity index (χ1n) is 6.77. The van der Waals surface area contributed by atoms with Gasteiger partial charge < -0.3 is 10.6 Å². The fourth-order valence-electron chi connectivity index (χ4n) is 3.14. The summed E-state index contributed by atoms with van der Waals surface area (Å²) in [5.41, 5.74) is 2.73. The van der Waals surface area contributed by atoms with Crippen LogP contribution in [0.2, 0.25) is 0 Å². The largest absolute Gasteiger partial charge is 0.379 e. The first-order valence-corrected chi connectivity index (χ1v) is 6.77. The quantitative estimate of drug-likeness (QED) is 0.719. The van der Waals surface area contributed by atoms with Gasteiger partial charge in [-0.05, 0) is 31.4 Å². The molecule has 1 aromatic heterocycles. The van der Waals surface area contributed by atoms with Crippen LogP contribution in [0.3, 0.4) is 0 Å². The smallest absolute Gasteiger partial charge is 0.150 e. The molecule has 0 radical (unpaired) electrons. The fraction of sp³-hybridized carbons (Fsp3) is 0.643. The number of hydrogen-bond acceptors (Lipinski definition) is 3. The SMILES string of the molecule is Cc1ccnc2c1NCC1(CCCCCC1)N2. The van der Waals surface area contributed by atoms with Crippen molar-refractivity contribution in [3.05, 3.63) is 17.8 Å². The van der Waals surface area contributed by atoms with Crippen molar-refractivity contribution in [2.75, 3.05) is 17.2 Å². The number of rotatable bonds is 0. The van der Waals surface area contributed by atoms with Crippen molar-refractivity contribution in [2.45, 2.75) is 51.0 Å². The Morgan fingerprint density at radius 2 is 1.94 bits per heavy atom. The van der Waals surface area contributed by atoms with Gasteiger partial charge in [0.05, 0.1) is 11.2 Å². The number of anilines is 2. The monoisotopic (exact) mass is 231 g/mol. The summed E-state index contributed by atoms with van der Waals surface area (Å²) >= 11 is 0. The lowest BCUT2D eigenvalue weighted by Crippen LogP contribution is -2.47. The molecule has 3 nitrogen and oxygen atoms in total. The van der Waals surface area contributed by atoms with Crippen LogP contribution in [-0.4, -0.2) is 17.1 Å². The molecule has 0 saturated heterocycles. The summed E-state index contributed by atoms with van der Waals surface area (Å²) in [6.45, 7) is 3.19. The predicted molar refractivity (Wildman–Crippen MR) is 71.5 cm³/mol. The van der Waals surface area contributed by atoms with E-state index in [0.29, 0.717) is 0 Å². The molecule has 1 aromatic rings. The molecule has 0 amide bonds. The highest BCUT2D eigenvalue weighted by atomic mass is 15.2. The second-order valence-electron chi connectivity index (χ2n) is 5.52. The Labute approximate surface area is 103 Å². The molecule has 0 bridgehead atoms. The number of hydrogen-bond donors (Lipinski definition) is 2. The van der Waals surface area contributed by atoms with Gasteiger partial charge in [-0.25, -0.2) is 4.98 Å². The number of pyridine rings is 1. The van der Waals surface area contributed by atoms with Crippen LogP contribution >= 0.6 is 0 Å². The van der Waals surface area contributed by atoms with E-state index < -0.39 is 0 Å². The molecule has 1 spiro atoms. The predicted octanol–water partition coefficient (Wildman–Crippen LogP) is 3.32. The summed E-state index contributed by atoms with van der Waals surface area (Å²) in [4.78, 5) is 4.49. The Morgan fingerprint density at radius 3 is 2.71 bits per heavy atom. The van der Waals surface area contributed by atoms with Crippen LogP contribution in [0, 0.1) is 6.92 Å². The molecule has 0 unspecified atom stereocenters. The van der Waals surface area contributed by atoms with Gasteiger partial charge >= 0.3 is 0 Å². The molecule has 2 aliphatic rings. The number of aromatic nitrogens is 1. The average Bonchev–Trinajstić information content (AvgIpc) is 2.55. The van der Waals surface area contributed by atoms with E-state index in [4.69, 9.17) is 0 Å². The zero-order valence-corrected chi connectivity index (χ0v) is 10.6. The van der Waals surface area contributed by atoms with Gasteiger partial charge in [0.15, 0.2) is 0 Å². The average molecular weight is 231 g/mol. The summed E-state index contributed by atoms with van der Waals surface area (Å²) in [5.74, 6) is 1.05. The van der Waals surface area contributed by atoms with Gasteiger partial charge in [0.2, 0.25) is 0 Å². The molecule has 17 heavy (non-hydrogen) atoms. The van der Waals surface area contributed by atoms with Gasteiger partial charge in [-0.3, -0.25) is 0 Å². The Bertz CT molecular complexity index is 406.